The van der Waals surface area contributed by atoms with Crippen LogP contribution in [0.25, 0.3) is 0 Å². The van der Waals surface area contributed by atoms with Crippen molar-refractivity contribution < 1.29 is 14.6 Å². The second kappa shape index (κ2) is 5.05. The number of anilines is 1. The minimum Gasteiger partial charge on any atom is -0.504 e. The standard InChI is InChI=1S/C12H12N2O3S/c1-7-6-13-12(18-7)14-11(16)8-3-4-10(17-2)9(15)5-8/h3-6,15H,1-2H3,(H,13,14,16). The highest BCUT2D eigenvalue weighted by Gasteiger charge is 2.11. The SMILES string of the molecule is COc1ccc(C(=O)Nc2ncc(C)s2)cc1O. The van der Waals surface area contributed by atoms with Crippen molar-refractivity contribution in [1.82, 2.24) is 4.98 Å². The third-order valence-electron chi connectivity index (χ3n) is 2.28. The highest BCUT2D eigenvalue weighted by molar-refractivity contribution is 7.15. The molecule has 0 saturated heterocycles. The van der Waals surface area contributed by atoms with Crippen molar-refractivity contribution in [2.45, 2.75) is 6.92 Å². The van der Waals surface area contributed by atoms with E-state index in [1.54, 1.807) is 12.3 Å². The van der Waals surface area contributed by atoms with E-state index in [-0.39, 0.29) is 11.7 Å². The summed E-state index contributed by atoms with van der Waals surface area (Å²) in [5, 5.41) is 12.8. The molecule has 5 nitrogen and oxygen atoms in total. The fourth-order valence-electron chi connectivity index (χ4n) is 1.41. The molecule has 0 spiro atoms. The second-order valence-electron chi connectivity index (χ2n) is 3.62. The van der Waals surface area contributed by atoms with Crippen LogP contribution in [0, 0.1) is 6.92 Å². The summed E-state index contributed by atoms with van der Waals surface area (Å²) < 4.78 is 4.91. The first-order valence-corrected chi connectivity index (χ1v) is 6.02. The van der Waals surface area contributed by atoms with Crippen molar-refractivity contribution in [2.75, 3.05) is 12.4 Å². The van der Waals surface area contributed by atoms with Gasteiger partial charge in [0.2, 0.25) is 0 Å². The van der Waals surface area contributed by atoms with Crippen molar-refractivity contribution in [3.8, 4) is 11.5 Å². The summed E-state index contributed by atoms with van der Waals surface area (Å²) in [5.41, 5.74) is 0.348. The molecule has 0 saturated carbocycles. The minimum absolute atomic E-state index is 0.0690. The number of methoxy groups -OCH3 is 1. The number of carbonyl (C=O) groups is 1. The summed E-state index contributed by atoms with van der Waals surface area (Å²) in [6, 6.07) is 4.47. The van der Waals surface area contributed by atoms with Gasteiger partial charge in [0.05, 0.1) is 7.11 Å². The van der Waals surface area contributed by atoms with Gasteiger partial charge in [0.15, 0.2) is 16.6 Å². The number of rotatable bonds is 3. The van der Waals surface area contributed by atoms with E-state index in [2.05, 4.69) is 10.3 Å². The van der Waals surface area contributed by atoms with Crippen LogP contribution in [-0.2, 0) is 0 Å². The van der Waals surface area contributed by atoms with E-state index in [1.807, 2.05) is 6.92 Å². The number of hydrogen-bond acceptors (Lipinski definition) is 5. The first-order valence-electron chi connectivity index (χ1n) is 5.21. The Labute approximate surface area is 108 Å². The first-order chi connectivity index (χ1) is 8.60. The zero-order valence-electron chi connectivity index (χ0n) is 9.93. The molecule has 0 radical (unpaired) electrons. The van der Waals surface area contributed by atoms with Gasteiger partial charge in [0.25, 0.3) is 5.91 Å². The maximum Gasteiger partial charge on any atom is 0.257 e. The molecule has 2 N–H and O–H groups in total. The average molecular weight is 264 g/mol. The second-order valence-corrected chi connectivity index (χ2v) is 4.85. The number of carbonyl (C=O) groups excluding carboxylic acids is 1. The quantitative estimate of drug-likeness (QED) is 0.893. The van der Waals surface area contributed by atoms with Gasteiger partial charge in [0.1, 0.15) is 0 Å². The summed E-state index contributed by atoms with van der Waals surface area (Å²) in [7, 11) is 1.45. The third-order valence-corrected chi connectivity index (χ3v) is 3.11. The zero-order chi connectivity index (χ0) is 13.1. The predicted octanol–water partition coefficient (Wildman–Crippen LogP) is 2.42. The van der Waals surface area contributed by atoms with Crippen LogP contribution in [0.1, 0.15) is 15.2 Å². The Balaban J connectivity index is 2.16. The lowest BCUT2D eigenvalue weighted by molar-refractivity contribution is 0.102. The van der Waals surface area contributed by atoms with Crippen LogP contribution >= 0.6 is 11.3 Å². The Morgan fingerprint density at radius 1 is 1.50 bits per heavy atom. The average Bonchev–Trinajstić information content (AvgIpc) is 2.74. The van der Waals surface area contributed by atoms with Gasteiger partial charge in [-0.05, 0) is 25.1 Å². The van der Waals surface area contributed by atoms with Gasteiger partial charge in [-0.1, -0.05) is 0 Å². The van der Waals surface area contributed by atoms with Crippen molar-refractivity contribution in [2.24, 2.45) is 0 Å². The lowest BCUT2D eigenvalue weighted by atomic mass is 10.2. The maximum atomic E-state index is 11.9. The van der Waals surface area contributed by atoms with E-state index in [0.29, 0.717) is 16.4 Å². The molecule has 6 heteroatoms. The smallest absolute Gasteiger partial charge is 0.257 e. The number of nitrogens with one attached hydrogen (secondary N) is 1. The molecule has 0 atom stereocenters. The number of thiazole rings is 1. The van der Waals surface area contributed by atoms with E-state index < -0.39 is 0 Å². The zero-order valence-corrected chi connectivity index (χ0v) is 10.7. The molecule has 2 rings (SSSR count). The number of phenolic OH excluding ortho intramolecular Hbond substituents is 1. The van der Waals surface area contributed by atoms with E-state index in [4.69, 9.17) is 4.74 Å². The van der Waals surface area contributed by atoms with E-state index in [1.165, 1.54) is 30.6 Å². The Morgan fingerprint density at radius 3 is 2.83 bits per heavy atom. The first kappa shape index (κ1) is 12.4. The van der Waals surface area contributed by atoms with Crippen LogP contribution in [0.4, 0.5) is 5.13 Å². The predicted molar refractivity (Wildman–Crippen MR) is 69.5 cm³/mol. The molecule has 0 aliphatic carbocycles. The van der Waals surface area contributed by atoms with Gasteiger partial charge >= 0.3 is 0 Å². The number of benzene rings is 1. The fourth-order valence-corrected chi connectivity index (χ4v) is 2.07. The summed E-state index contributed by atoms with van der Waals surface area (Å²) >= 11 is 1.39. The van der Waals surface area contributed by atoms with Crippen LogP contribution in [0.3, 0.4) is 0 Å². The number of aryl methyl sites for hydroxylation is 1. The summed E-state index contributed by atoms with van der Waals surface area (Å²) in [6.45, 7) is 1.91. The molecule has 0 fully saturated rings. The van der Waals surface area contributed by atoms with Crippen LogP contribution in [-0.4, -0.2) is 23.1 Å². The Hall–Kier alpha value is -2.08. The van der Waals surface area contributed by atoms with Gasteiger partial charge < -0.3 is 9.84 Å². The molecule has 2 aromatic rings. The molecule has 0 unspecified atom stereocenters. The molecule has 0 aliphatic rings. The molecule has 0 aliphatic heterocycles. The van der Waals surface area contributed by atoms with Crippen molar-refractivity contribution in [1.29, 1.82) is 0 Å². The van der Waals surface area contributed by atoms with E-state index >= 15 is 0 Å². The molecule has 1 aromatic heterocycles. The van der Waals surface area contributed by atoms with Crippen LogP contribution < -0.4 is 10.1 Å². The number of phenols is 1. The Bertz CT molecular complexity index is 580. The molecule has 1 amide bonds. The Morgan fingerprint density at radius 2 is 2.28 bits per heavy atom. The molecule has 0 bridgehead atoms. The Kier molecular flexibility index (Phi) is 3.47. The molecular formula is C12H12N2O3S. The lowest BCUT2D eigenvalue weighted by Gasteiger charge is -2.05. The largest absolute Gasteiger partial charge is 0.504 e. The number of amides is 1. The highest BCUT2D eigenvalue weighted by atomic mass is 32.1. The van der Waals surface area contributed by atoms with Crippen LogP contribution in [0.15, 0.2) is 24.4 Å². The number of aromatic nitrogens is 1. The van der Waals surface area contributed by atoms with Gasteiger partial charge in [-0.25, -0.2) is 4.98 Å². The summed E-state index contributed by atoms with van der Waals surface area (Å²) in [4.78, 5) is 16.9. The van der Waals surface area contributed by atoms with E-state index in [0.717, 1.165) is 4.88 Å². The third kappa shape index (κ3) is 2.60. The summed E-state index contributed by atoms with van der Waals surface area (Å²) in [5.74, 6) is -0.0561. The van der Waals surface area contributed by atoms with Crippen molar-refractivity contribution in [3.05, 3.63) is 34.8 Å². The van der Waals surface area contributed by atoms with Crippen molar-refractivity contribution >= 4 is 22.4 Å². The molecule has 1 heterocycles. The maximum absolute atomic E-state index is 11.9. The molecule has 18 heavy (non-hydrogen) atoms. The monoisotopic (exact) mass is 264 g/mol. The molecule has 1 aromatic carbocycles. The minimum atomic E-state index is -0.317. The van der Waals surface area contributed by atoms with Gasteiger partial charge in [-0.2, -0.15) is 0 Å². The number of nitrogens with zero attached hydrogens (tertiary/aromatic N) is 1. The van der Waals surface area contributed by atoms with Gasteiger partial charge in [-0.3, -0.25) is 10.1 Å². The molecule has 94 valence electrons. The number of aromatic hydroxyl groups is 1. The lowest BCUT2D eigenvalue weighted by Crippen LogP contribution is -2.11. The van der Waals surface area contributed by atoms with Gasteiger partial charge in [-0.15, -0.1) is 11.3 Å². The van der Waals surface area contributed by atoms with Crippen LogP contribution in [0.2, 0.25) is 0 Å². The summed E-state index contributed by atoms with van der Waals surface area (Å²) in [6.07, 6.45) is 1.69. The van der Waals surface area contributed by atoms with Crippen LogP contribution in [0.5, 0.6) is 11.5 Å². The highest BCUT2D eigenvalue weighted by Crippen LogP contribution is 2.26. The number of ether oxygens (including phenoxy) is 1. The van der Waals surface area contributed by atoms with Crippen molar-refractivity contribution in [3.63, 3.8) is 0 Å². The fraction of sp³-hybridized carbons (Fsp3) is 0.167. The number of hydrogen-bond donors (Lipinski definition) is 2. The van der Waals surface area contributed by atoms with Gasteiger partial charge in [0, 0.05) is 16.6 Å². The van der Waals surface area contributed by atoms with E-state index in [9.17, 15) is 9.90 Å². The topological polar surface area (TPSA) is 71.5 Å². The molecular weight excluding hydrogens is 252 g/mol. The normalized spacial score (nSPS) is 10.1.